The van der Waals surface area contributed by atoms with Crippen molar-refractivity contribution in [3.63, 3.8) is 0 Å². The first-order valence-electron chi connectivity index (χ1n) is 16.4. The molecular weight excluding hydrogens is 574 g/mol. The van der Waals surface area contributed by atoms with Crippen LogP contribution in [0.4, 0.5) is 4.79 Å². The zero-order valence-corrected chi connectivity index (χ0v) is 27.2. The van der Waals surface area contributed by atoms with E-state index in [2.05, 4.69) is 25.9 Å². The minimum absolute atomic E-state index is 0.105. The topological polar surface area (TPSA) is 166 Å². The number of nitrogens with one attached hydrogen (secondary N) is 4. The van der Waals surface area contributed by atoms with E-state index in [9.17, 15) is 24.6 Å². The van der Waals surface area contributed by atoms with E-state index in [4.69, 9.17) is 4.74 Å². The lowest BCUT2D eigenvalue weighted by molar-refractivity contribution is -0.131. The molecule has 1 aliphatic rings. The molecule has 3 amide bonds. The van der Waals surface area contributed by atoms with E-state index in [-0.39, 0.29) is 31.3 Å². The fourth-order valence-electron chi connectivity index (χ4n) is 5.82. The third-order valence-electron chi connectivity index (χ3n) is 8.21. The Labute approximate surface area is 267 Å². The van der Waals surface area contributed by atoms with Crippen LogP contribution in [0.15, 0.2) is 42.9 Å². The molecule has 0 spiro atoms. The molecule has 3 rings (SSSR count). The molecule has 0 unspecified atom stereocenters. The molecule has 1 heterocycles. The second kappa shape index (κ2) is 18.5. The third kappa shape index (κ3) is 12.8. The van der Waals surface area contributed by atoms with Gasteiger partial charge >= 0.3 is 6.09 Å². The summed E-state index contributed by atoms with van der Waals surface area (Å²) < 4.78 is 5.29. The average Bonchev–Trinajstić information content (AvgIpc) is 3.52. The quantitative estimate of drug-likeness (QED) is 0.156. The summed E-state index contributed by atoms with van der Waals surface area (Å²) in [4.78, 5) is 47.3. The molecule has 0 radical (unpaired) electrons. The molecule has 11 nitrogen and oxygen atoms in total. The van der Waals surface area contributed by atoms with Gasteiger partial charge in [0.1, 0.15) is 18.2 Å². The van der Waals surface area contributed by atoms with Crippen LogP contribution in [0.2, 0.25) is 0 Å². The molecule has 1 aromatic heterocycles. The molecule has 0 bridgehead atoms. The Morgan fingerprint density at radius 3 is 2.20 bits per heavy atom. The van der Waals surface area contributed by atoms with E-state index in [0.717, 1.165) is 31.2 Å². The lowest BCUT2D eigenvalue weighted by Crippen LogP contribution is -2.58. The van der Waals surface area contributed by atoms with Crippen LogP contribution in [0.3, 0.4) is 0 Å². The molecular formula is C34H53N5O6. The predicted molar refractivity (Wildman–Crippen MR) is 172 cm³/mol. The molecule has 1 saturated carbocycles. The van der Waals surface area contributed by atoms with Crippen molar-refractivity contribution in [3.05, 3.63) is 54.1 Å². The van der Waals surface area contributed by atoms with E-state index in [0.29, 0.717) is 24.5 Å². The van der Waals surface area contributed by atoms with E-state index in [1.807, 2.05) is 58.0 Å². The Morgan fingerprint density at radius 2 is 1.58 bits per heavy atom. The van der Waals surface area contributed by atoms with Crippen molar-refractivity contribution in [2.45, 2.75) is 116 Å². The maximum Gasteiger partial charge on any atom is 0.407 e. The van der Waals surface area contributed by atoms with Gasteiger partial charge in [0.2, 0.25) is 11.8 Å². The number of rotatable bonds is 17. The van der Waals surface area contributed by atoms with Gasteiger partial charge in [0.25, 0.3) is 0 Å². The smallest absolute Gasteiger partial charge is 0.407 e. The number of H-pyrrole nitrogens is 1. The molecule has 11 heteroatoms. The van der Waals surface area contributed by atoms with Gasteiger partial charge in [-0.2, -0.15) is 0 Å². The van der Waals surface area contributed by atoms with Gasteiger partial charge in [-0.1, -0.05) is 90.1 Å². The Kier molecular flexibility index (Phi) is 14.8. The minimum Gasteiger partial charge on any atom is -0.449 e. The fraction of sp³-hybridized carbons (Fsp3) is 0.647. The van der Waals surface area contributed by atoms with Gasteiger partial charge in [0.15, 0.2) is 0 Å². The lowest BCUT2D eigenvalue weighted by atomic mass is 9.82. The van der Waals surface area contributed by atoms with E-state index >= 15 is 0 Å². The highest BCUT2D eigenvalue weighted by atomic mass is 16.5. The number of carbonyl (C=O) groups is 3. The van der Waals surface area contributed by atoms with Crippen molar-refractivity contribution in [1.29, 1.82) is 0 Å². The Balaban J connectivity index is 1.81. The van der Waals surface area contributed by atoms with Crippen molar-refractivity contribution in [2.75, 3.05) is 6.61 Å². The van der Waals surface area contributed by atoms with Crippen LogP contribution < -0.4 is 16.0 Å². The van der Waals surface area contributed by atoms with Crippen LogP contribution in [0.1, 0.15) is 83.9 Å². The number of hydrogen-bond donors (Lipinski definition) is 6. The molecule has 0 aliphatic heterocycles. The standard InChI is InChI=1S/C34H53N5O6/c1-22(2)15-30(40)31(41)27(16-24-11-7-5-8-12-24)37-33(43)29(18-26-19-35-21-36-26)38-32(42)28(17-25-13-9-6-10-14-25)39-34(44)45-20-23(3)4/h6,9-10,13-14,19,21-24,27-31,40-41H,5,7-8,11-12,15-18,20H2,1-4H3,(H,35,36)(H,37,43)(H,38,42)(H,39,44)/t27-,28-,29-,30-,31+/m0/s1. The zero-order chi connectivity index (χ0) is 32.8. The first-order chi connectivity index (χ1) is 21.5. The van der Waals surface area contributed by atoms with Crippen LogP contribution >= 0.6 is 0 Å². The maximum absolute atomic E-state index is 13.9. The SMILES string of the molecule is CC(C)COC(=O)N[C@@H](Cc1ccccc1)C(=O)N[C@@H](Cc1cnc[nH]1)C(=O)N[C@@H](CC1CCCCC1)[C@@H](O)[C@@H](O)CC(C)C. The largest absolute Gasteiger partial charge is 0.449 e. The number of benzene rings is 1. The molecule has 45 heavy (non-hydrogen) atoms. The first kappa shape index (κ1) is 36.0. The van der Waals surface area contributed by atoms with Gasteiger partial charge in [-0.3, -0.25) is 9.59 Å². The van der Waals surface area contributed by atoms with Gasteiger partial charge in [-0.15, -0.1) is 0 Å². The van der Waals surface area contributed by atoms with Crippen LogP contribution in [0.5, 0.6) is 0 Å². The van der Waals surface area contributed by atoms with Gasteiger partial charge in [-0.05, 0) is 36.2 Å². The van der Waals surface area contributed by atoms with Gasteiger partial charge in [0, 0.05) is 24.7 Å². The number of carbonyl (C=O) groups excluding carboxylic acids is 3. The highest BCUT2D eigenvalue weighted by Gasteiger charge is 2.34. The van der Waals surface area contributed by atoms with E-state index in [1.54, 1.807) is 6.20 Å². The Hall–Kier alpha value is -3.44. The number of aromatic nitrogens is 2. The molecule has 5 atom stereocenters. The summed E-state index contributed by atoms with van der Waals surface area (Å²) in [6.45, 7) is 7.98. The molecule has 1 aromatic carbocycles. The van der Waals surface area contributed by atoms with Gasteiger partial charge in [-0.25, -0.2) is 9.78 Å². The number of aliphatic hydroxyl groups excluding tert-OH is 2. The summed E-state index contributed by atoms with van der Waals surface area (Å²) in [5.41, 5.74) is 1.45. The van der Waals surface area contributed by atoms with Crippen molar-refractivity contribution < 1.29 is 29.3 Å². The summed E-state index contributed by atoms with van der Waals surface area (Å²) in [5, 5.41) is 30.6. The highest BCUT2D eigenvalue weighted by Crippen LogP contribution is 2.29. The number of aliphatic hydroxyl groups is 2. The Morgan fingerprint density at radius 1 is 0.911 bits per heavy atom. The summed E-state index contributed by atoms with van der Waals surface area (Å²) >= 11 is 0. The minimum atomic E-state index is -1.16. The number of aromatic amines is 1. The van der Waals surface area contributed by atoms with E-state index in [1.165, 1.54) is 12.7 Å². The summed E-state index contributed by atoms with van der Waals surface area (Å²) in [7, 11) is 0. The number of imidazole rings is 1. The summed E-state index contributed by atoms with van der Waals surface area (Å²) in [5.74, 6) is -0.438. The maximum atomic E-state index is 13.9. The van der Waals surface area contributed by atoms with Crippen molar-refractivity contribution in [2.24, 2.45) is 17.8 Å². The van der Waals surface area contributed by atoms with Crippen LogP contribution in [0, 0.1) is 17.8 Å². The second-order valence-corrected chi connectivity index (χ2v) is 13.3. The predicted octanol–water partition coefficient (Wildman–Crippen LogP) is 3.65. The molecule has 0 saturated heterocycles. The van der Waals surface area contributed by atoms with E-state index < -0.39 is 48.2 Å². The highest BCUT2D eigenvalue weighted by molar-refractivity contribution is 5.91. The molecule has 1 aliphatic carbocycles. The van der Waals surface area contributed by atoms with Crippen LogP contribution in [-0.2, 0) is 27.2 Å². The Bertz CT molecular complexity index is 1150. The van der Waals surface area contributed by atoms with Crippen molar-refractivity contribution in [1.82, 2.24) is 25.9 Å². The molecule has 6 N–H and O–H groups in total. The number of ether oxygens (including phenoxy) is 1. The van der Waals surface area contributed by atoms with Crippen LogP contribution in [0.25, 0.3) is 0 Å². The zero-order valence-electron chi connectivity index (χ0n) is 27.2. The monoisotopic (exact) mass is 627 g/mol. The number of alkyl carbamates (subject to hydrolysis) is 1. The molecule has 2 aromatic rings. The number of hydrogen-bond acceptors (Lipinski definition) is 7. The van der Waals surface area contributed by atoms with Gasteiger partial charge in [0.05, 0.1) is 25.1 Å². The third-order valence-corrected chi connectivity index (χ3v) is 8.21. The normalized spacial score (nSPS) is 17.2. The van der Waals surface area contributed by atoms with Gasteiger partial charge < -0.3 is 35.9 Å². The summed E-state index contributed by atoms with van der Waals surface area (Å²) in [6, 6.07) is 6.52. The first-order valence-corrected chi connectivity index (χ1v) is 16.4. The fourth-order valence-corrected chi connectivity index (χ4v) is 5.82. The lowest BCUT2D eigenvalue weighted by Gasteiger charge is -2.34. The second-order valence-electron chi connectivity index (χ2n) is 13.3. The van der Waals surface area contributed by atoms with Crippen molar-refractivity contribution >= 4 is 17.9 Å². The summed E-state index contributed by atoms with van der Waals surface area (Å²) in [6.07, 6.45) is 6.80. The average molecular weight is 628 g/mol. The molecule has 1 fully saturated rings. The molecule has 250 valence electrons. The van der Waals surface area contributed by atoms with Crippen molar-refractivity contribution in [3.8, 4) is 0 Å². The van der Waals surface area contributed by atoms with Crippen LogP contribution in [-0.4, -0.2) is 75.0 Å². The number of nitrogens with zero attached hydrogens (tertiary/aromatic N) is 1. The number of amides is 3.